The van der Waals surface area contributed by atoms with Crippen LogP contribution in [0.1, 0.15) is 5.56 Å². The third-order valence-electron chi connectivity index (χ3n) is 2.43. The summed E-state index contributed by atoms with van der Waals surface area (Å²) in [6.45, 7) is -0.365. The van der Waals surface area contributed by atoms with E-state index in [0.717, 1.165) is 11.3 Å². The molecule has 20 heavy (non-hydrogen) atoms. The van der Waals surface area contributed by atoms with E-state index >= 15 is 0 Å². The van der Waals surface area contributed by atoms with Gasteiger partial charge < -0.3 is 9.84 Å². The second-order valence-corrected chi connectivity index (χ2v) is 4.82. The predicted octanol–water partition coefficient (Wildman–Crippen LogP) is 3.66. The molecule has 0 aliphatic carbocycles. The maximum atomic E-state index is 10.4. The number of benzene rings is 2. The molecule has 5 heteroatoms. The summed E-state index contributed by atoms with van der Waals surface area (Å²) >= 11 is 3.34. The lowest BCUT2D eigenvalue weighted by molar-refractivity contribution is -0.139. The van der Waals surface area contributed by atoms with Gasteiger partial charge in [0.15, 0.2) is 6.61 Å². The second kappa shape index (κ2) is 6.86. The molecule has 2 aromatic rings. The number of aliphatic carboxylic acids is 1. The SMILES string of the molecule is O=C(O)COc1ccc(C=Nc2ccccc2)cc1Br. The summed E-state index contributed by atoms with van der Waals surface area (Å²) in [6, 6.07) is 14.9. The lowest BCUT2D eigenvalue weighted by atomic mass is 10.2. The molecule has 0 amide bonds. The minimum Gasteiger partial charge on any atom is -0.481 e. The fourth-order valence-electron chi connectivity index (χ4n) is 1.52. The third-order valence-corrected chi connectivity index (χ3v) is 3.05. The van der Waals surface area contributed by atoms with Crippen LogP contribution in [0.25, 0.3) is 0 Å². The summed E-state index contributed by atoms with van der Waals surface area (Å²) in [5.41, 5.74) is 1.76. The molecule has 0 aliphatic heterocycles. The third kappa shape index (κ3) is 4.20. The highest BCUT2D eigenvalue weighted by molar-refractivity contribution is 9.10. The van der Waals surface area contributed by atoms with Crippen molar-refractivity contribution in [2.24, 2.45) is 4.99 Å². The molecule has 0 radical (unpaired) electrons. The van der Waals surface area contributed by atoms with Crippen molar-refractivity contribution < 1.29 is 14.6 Å². The normalized spacial score (nSPS) is 10.7. The average molecular weight is 334 g/mol. The van der Waals surface area contributed by atoms with E-state index in [2.05, 4.69) is 20.9 Å². The average Bonchev–Trinajstić information content (AvgIpc) is 2.45. The number of nitrogens with zero attached hydrogens (tertiary/aromatic N) is 1. The van der Waals surface area contributed by atoms with Gasteiger partial charge in [0, 0.05) is 6.21 Å². The summed E-state index contributed by atoms with van der Waals surface area (Å²) < 4.78 is 5.82. The molecule has 0 unspecified atom stereocenters. The lowest BCUT2D eigenvalue weighted by Crippen LogP contribution is -2.09. The van der Waals surface area contributed by atoms with Crippen LogP contribution in [0.5, 0.6) is 5.75 Å². The van der Waals surface area contributed by atoms with Crippen LogP contribution in [0.15, 0.2) is 58.0 Å². The Labute approximate surface area is 124 Å². The maximum Gasteiger partial charge on any atom is 0.341 e. The number of carbonyl (C=O) groups is 1. The fourth-order valence-corrected chi connectivity index (χ4v) is 2.03. The Balaban J connectivity index is 2.09. The van der Waals surface area contributed by atoms with Crippen molar-refractivity contribution in [1.29, 1.82) is 0 Å². The Bertz CT molecular complexity index is 626. The van der Waals surface area contributed by atoms with Crippen LogP contribution in [0, 0.1) is 0 Å². The number of halogens is 1. The second-order valence-electron chi connectivity index (χ2n) is 3.97. The van der Waals surface area contributed by atoms with Crippen molar-refractivity contribution in [2.75, 3.05) is 6.61 Å². The van der Waals surface area contributed by atoms with E-state index < -0.39 is 5.97 Å². The van der Waals surface area contributed by atoms with Crippen LogP contribution in [-0.4, -0.2) is 23.9 Å². The Morgan fingerprint density at radius 1 is 1.25 bits per heavy atom. The van der Waals surface area contributed by atoms with Gasteiger partial charge >= 0.3 is 5.97 Å². The highest BCUT2D eigenvalue weighted by atomic mass is 79.9. The zero-order valence-electron chi connectivity index (χ0n) is 10.5. The predicted molar refractivity (Wildman–Crippen MR) is 81.0 cm³/mol. The highest BCUT2D eigenvalue weighted by Gasteiger charge is 2.04. The van der Waals surface area contributed by atoms with Crippen molar-refractivity contribution >= 4 is 33.8 Å². The van der Waals surface area contributed by atoms with Gasteiger partial charge in [-0.3, -0.25) is 4.99 Å². The molecule has 4 nitrogen and oxygen atoms in total. The molecule has 1 N–H and O–H groups in total. The highest BCUT2D eigenvalue weighted by Crippen LogP contribution is 2.25. The van der Waals surface area contributed by atoms with Crippen LogP contribution in [0.2, 0.25) is 0 Å². The van der Waals surface area contributed by atoms with E-state index in [1.54, 1.807) is 12.3 Å². The van der Waals surface area contributed by atoms with Gasteiger partial charge in [0.05, 0.1) is 10.2 Å². The molecule has 0 aliphatic rings. The molecule has 0 saturated carbocycles. The Kier molecular flexibility index (Phi) is 4.90. The van der Waals surface area contributed by atoms with Crippen molar-refractivity contribution in [3.05, 3.63) is 58.6 Å². The summed E-state index contributed by atoms with van der Waals surface area (Å²) in [5, 5.41) is 8.57. The summed E-state index contributed by atoms with van der Waals surface area (Å²) in [4.78, 5) is 14.8. The monoisotopic (exact) mass is 333 g/mol. The molecule has 0 spiro atoms. The molecule has 2 rings (SSSR count). The van der Waals surface area contributed by atoms with Crippen LogP contribution in [0.3, 0.4) is 0 Å². The van der Waals surface area contributed by atoms with Crippen LogP contribution in [-0.2, 0) is 4.79 Å². The maximum absolute atomic E-state index is 10.4. The topological polar surface area (TPSA) is 58.9 Å². The number of carboxylic acids is 1. The van der Waals surface area contributed by atoms with Gasteiger partial charge in [0.2, 0.25) is 0 Å². The van der Waals surface area contributed by atoms with Gasteiger partial charge in [-0.25, -0.2) is 4.79 Å². The van der Waals surface area contributed by atoms with Gasteiger partial charge in [0.25, 0.3) is 0 Å². The van der Waals surface area contributed by atoms with E-state index in [-0.39, 0.29) is 6.61 Å². The number of para-hydroxylation sites is 1. The van der Waals surface area contributed by atoms with E-state index in [9.17, 15) is 4.79 Å². The Morgan fingerprint density at radius 2 is 2.00 bits per heavy atom. The van der Waals surface area contributed by atoms with Gasteiger partial charge in [-0.2, -0.15) is 0 Å². The largest absolute Gasteiger partial charge is 0.481 e. The number of aliphatic imine (C=N–C) groups is 1. The molecule has 0 aromatic heterocycles. The quantitative estimate of drug-likeness (QED) is 0.849. The van der Waals surface area contributed by atoms with E-state index in [1.165, 1.54) is 0 Å². The van der Waals surface area contributed by atoms with Crippen molar-refractivity contribution in [2.45, 2.75) is 0 Å². The number of hydrogen-bond donors (Lipinski definition) is 1. The Morgan fingerprint density at radius 3 is 2.65 bits per heavy atom. The minimum atomic E-state index is -1.01. The lowest BCUT2D eigenvalue weighted by Gasteiger charge is -2.06. The van der Waals surface area contributed by atoms with Gasteiger partial charge in [-0.15, -0.1) is 0 Å². The minimum absolute atomic E-state index is 0.365. The zero-order valence-corrected chi connectivity index (χ0v) is 12.1. The van der Waals surface area contributed by atoms with E-state index in [1.807, 2.05) is 42.5 Å². The van der Waals surface area contributed by atoms with Gasteiger partial charge in [-0.05, 0) is 51.8 Å². The van der Waals surface area contributed by atoms with Gasteiger partial charge in [-0.1, -0.05) is 18.2 Å². The van der Waals surface area contributed by atoms with Crippen molar-refractivity contribution in [3.63, 3.8) is 0 Å². The molecular formula is C15H12BrNO3. The molecule has 0 atom stereocenters. The molecule has 0 fully saturated rings. The first-order valence-electron chi connectivity index (χ1n) is 5.88. The first kappa shape index (κ1) is 14.3. The molecular weight excluding hydrogens is 322 g/mol. The molecule has 0 heterocycles. The Hall–Kier alpha value is -2.14. The molecule has 102 valence electrons. The smallest absolute Gasteiger partial charge is 0.341 e. The van der Waals surface area contributed by atoms with Crippen molar-refractivity contribution in [1.82, 2.24) is 0 Å². The standard InChI is InChI=1S/C15H12BrNO3/c16-13-8-11(6-7-14(13)20-10-15(18)19)9-17-12-4-2-1-3-5-12/h1-9H,10H2,(H,18,19). The number of ether oxygens (including phenoxy) is 1. The first-order valence-corrected chi connectivity index (χ1v) is 6.68. The van der Waals surface area contributed by atoms with Crippen LogP contribution < -0.4 is 4.74 Å². The fraction of sp³-hybridized carbons (Fsp3) is 0.0667. The van der Waals surface area contributed by atoms with Crippen molar-refractivity contribution in [3.8, 4) is 5.75 Å². The molecule has 0 saturated heterocycles. The first-order chi connectivity index (χ1) is 9.65. The number of carboxylic acid groups (broad SMARTS) is 1. The zero-order chi connectivity index (χ0) is 14.4. The van der Waals surface area contributed by atoms with E-state index in [0.29, 0.717) is 10.2 Å². The summed E-state index contributed by atoms with van der Waals surface area (Å²) in [5.74, 6) is -0.518. The number of hydrogen-bond acceptors (Lipinski definition) is 3. The molecule has 2 aromatic carbocycles. The number of rotatable bonds is 5. The summed E-state index contributed by atoms with van der Waals surface area (Å²) in [7, 11) is 0. The van der Waals surface area contributed by atoms with E-state index in [4.69, 9.17) is 9.84 Å². The van der Waals surface area contributed by atoms with Crippen LogP contribution >= 0.6 is 15.9 Å². The molecule has 0 bridgehead atoms. The van der Waals surface area contributed by atoms with Crippen LogP contribution in [0.4, 0.5) is 5.69 Å². The van der Waals surface area contributed by atoms with Gasteiger partial charge in [0.1, 0.15) is 5.75 Å². The summed E-state index contributed by atoms with van der Waals surface area (Å²) in [6.07, 6.45) is 1.74.